The second-order valence-electron chi connectivity index (χ2n) is 5.76. The number of ether oxygens (including phenoxy) is 3. The highest BCUT2D eigenvalue weighted by atomic mass is 31.2. The lowest BCUT2D eigenvalue weighted by Crippen LogP contribution is -2.42. The van der Waals surface area contributed by atoms with Gasteiger partial charge in [-0.25, -0.2) is 0 Å². The zero-order chi connectivity index (χ0) is 16.4. The fourth-order valence-corrected chi connectivity index (χ4v) is 3.99. The lowest BCUT2D eigenvalue weighted by Gasteiger charge is -2.25. The molecule has 2 heterocycles. The third kappa shape index (κ3) is 3.97. The van der Waals surface area contributed by atoms with Crippen LogP contribution in [0.1, 0.15) is 27.7 Å². The molecule has 0 aromatic rings. The van der Waals surface area contributed by atoms with E-state index >= 15 is 0 Å². The summed E-state index contributed by atoms with van der Waals surface area (Å²) in [5, 5.41) is 10.7. The Hall–Kier alpha value is -0.270. The first-order chi connectivity index (χ1) is 10.2. The first-order valence-electron chi connectivity index (χ1n) is 7.49. The minimum Gasteiger partial charge on any atom is -0.380 e. The van der Waals surface area contributed by atoms with E-state index in [1.807, 2.05) is 0 Å². The molecule has 128 valence electrons. The van der Waals surface area contributed by atoms with Crippen molar-refractivity contribution in [3.05, 3.63) is 12.2 Å². The second-order valence-corrected chi connectivity index (χ2v) is 7.86. The van der Waals surface area contributed by atoms with E-state index in [-0.39, 0.29) is 12.8 Å². The Morgan fingerprint density at radius 3 is 2.50 bits per heavy atom. The highest BCUT2D eigenvalue weighted by Gasteiger charge is 2.57. The molecule has 0 radical (unpaired) electrons. The SMILES string of the molecule is CCOP(=O)(C/C=C/[C@@]1(O)CO[C@@H]2OC(C)(C)O[C@@H]21)OCC. The van der Waals surface area contributed by atoms with Gasteiger partial charge < -0.3 is 28.4 Å². The van der Waals surface area contributed by atoms with E-state index in [0.29, 0.717) is 13.2 Å². The quantitative estimate of drug-likeness (QED) is 0.563. The molecule has 0 amide bonds. The molecule has 0 spiro atoms. The first kappa shape index (κ1) is 18.1. The van der Waals surface area contributed by atoms with Crippen LogP contribution in [0.15, 0.2) is 12.2 Å². The van der Waals surface area contributed by atoms with Crippen molar-refractivity contribution in [2.75, 3.05) is 26.0 Å². The van der Waals surface area contributed by atoms with Crippen molar-refractivity contribution < 1.29 is 32.9 Å². The van der Waals surface area contributed by atoms with Crippen LogP contribution in [0.2, 0.25) is 0 Å². The number of fused-ring (bicyclic) bond motifs is 1. The van der Waals surface area contributed by atoms with Crippen molar-refractivity contribution in [3.63, 3.8) is 0 Å². The average molecular weight is 336 g/mol. The van der Waals surface area contributed by atoms with Crippen LogP contribution in [0.25, 0.3) is 0 Å². The van der Waals surface area contributed by atoms with E-state index in [4.69, 9.17) is 23.3 Å². The van der Waals surface area contributed by atoms with E-state index in [9.17, 15) is 9.67 Å². The molecule has 7 nitrogen and oxygen atoms in total. The Kier molecular flexibility index (Phi) is 5.50. The molecule has 0 bridgehead atoms. The Labute approximate surface area is 131 Å². The van der Waals surface area contributed by atoms with Gasteiger partial charge in [0.1, 0.15) is 11.7 Å². The summed E-state index contributed by atoms with van der Waals surface area (Å²) in [6.45, 7) is 7.69. The zero-order valence-corrected chi connectivity index (χ0v) is 14.4. The van der Waals surface area contributed by atoms with Gasteiger partial charge in [-0.2, -0.15) is 0 Å². The minimum atomic E-state index is -3.17. The molecule has 0 saturated carbocycles. The van der Waals surface area contributed by atoms with E-state index < -0.39 is 31.4 Å². The highest BCUT2D eigenvalue weighted by molar-refractivity contribution is 7.54. The van der Waals surface area contributed by atoms with Gasteiger partial charge in [-0.05, 0) is 27.7 Å². The maximum atomic E-state index is 12.4. The Morgan fingerprint density at radius 2 is 1.91 bits per heavy atom. The van der Waals surface area contributed by atoms with Gasteiger partial charge in [-0.3, -0.25) is 4.57 Å². The predicted molar refractivity (Wildman–Crippen MR) is 79.6 cm³/mol. The smallest absolute Gasteiger partial charge is 0.334 e. The normalized spacial score (nSPS) is 34.4. The number of hydrogen-bond acceptors (Lipinski definition) is 7. The van der Waals surface area contributed by atoms with Gasteiger partial charge in [0.25, 0.3) is 0 Å². The third-order valence-electron chi connectivity index (χ3n) is 3.42. The fraction of sp³-hybridized carbons (Fsp3) is 0.857. The van der Waals surface area contributed by atoms with Crippen molar-refractivity contribution in [1.82, 2.24) is 0 Å². The number of allylic oxidation sites excluding steroid dienone is 1. The summed E-state index contributed by atoms with van der Waals surface area (Å²) in [4.78, 5) is 0. The van der Waals surface area contributed by atoms with Crippen LogP contribution in [0, 0.1) is 0 Å². The van der Waals surface area contributed by atoms with Crippen molar-refractivity contribution in [1.29, 1.82) is 0 Å². The summed E-state index contributed by atoms with van der Waals surface area (Å²) in [5.74, 6) is -0.802. The zero-order valence-electron chi connectivity index (χ0n) is 13.5. The molecule has 3 atom stereocenters. The molecule has 0 aromatic heterocycles. The van der Waals surface area contributed by atoms with Crippen LogP contribution in [-0.2, 0) is 27.8 Å². The van der Waals surface area contributed by atoms with Crippen LogP contribution in [0.4, 0.5) is 0 Å². The molecule has 2 saturated heterocycles. The van der Waals surface area contributed by atoms with Gasteiger partial charge in [0.05, 0.1) is 26.0 Å². The van der Waals surface area contributed by atoms with E-state index in [1.54, 1.807) is 33.8 Å². The molecular weight excluding hydrogens is 311 g/mol. The first-order valence-corrected chi connectivity index (χ1v) is 9.22. The van der Waals surface area contributed by atoms with Gasteiger partial charge in [-0.15, -0.1) is 0 Å². The molecule has 0 aliphatic carbocycles. The monoisotopic (exact) mass is 336 g/mol. The number of hydrogen-bond donors (Lipinski definition) is 1. The van der Waals surface area contributed by atoms with E-state index in [2.05, 4.69) is 0 Å². The maximum Gasteiger partial charge on any atom is 0.334 e. The van der Waals surface area contributed by atoms with Crippen molar-refractivity contribution >= 4 is 7.60 Å². The van der Waals surface area contributed by atoms with Crippen LogP contribution < -0.4 is 0 Å². The van der Waals surface area contributed by atoms with Crippen molar-refractivity contribution in [2.45, 2.75) is 51.5 Å². The van der Waals surface area contributed by atoms with Gasteiger partial charge in [-0.1, -0.05) is 12.2 Å². The molecule has 8 heteroatoms. The van der Waals surface area contributed by atoms with Crippen LogP contribution in [0.5, 0.6) is 0 Å². The molecule has 0 unspecified atom stereocenters. The van der Waals surface area contributed by atoms with E-state index in [1.165, 1.54) is 6.08 Å². The summed E-state index contributed by atoms with van der Waals surface area (Å²) in [6.07, 6.45) is 1.99. The molecule has 0 aromatic carbocycles. The van der Waals surface area contributed by atoms with Gasteiger partial charge in [0.15, 0.2) is 12.1 Å². The molecule has 2 fully saturated rings. The largest absolute Gasteiger partial charge is 0.380 e. The van der Waals surface area contributed by atoms with Gasteiger partial charge in [0, 0.05) is 0 Å². The van der Waals surface area contributed by atoms with Crippen LogP contribution >= 0.6 is 7.60 Å². The van der Waals surface area contributed by atoms with Crippen molar-refractivity contribution in [2.24, 2.45) is 0 Å². The molecule has 2 rings (SSSR count). The third-order valence-corrected chi connectivity index (χ3v) is 5.38. The lowest BCUT2D eigenvalue weighted by molar-refractivity contribution is -0.206. The summed E-state index contributed by atoms with van der Waals surface area (Å²) < 4.78 is 39.4. The van der Waals surface area contributed by atoms with Crippen LogP contribution in [-0.4, -0.2) is 54.9 Å². The molecular formula is C14H25O7P. The predicted octanol–water partition coefficient (Wildman–Crippen LogP) is 2.05. The van der Waals surface area contributed by atoms with E-state index in [0.717, 1.165) is 0 Å². The Bertz CT molecular complexity index is 454. The summed E-state index contributed by atoms with van der Waals surface area (Å²) in [7, 11) is -3.17. The minimum absolute atomic E-state index is 0.0580. The topological polar surface area (TPSA) is 83.5 Å². The Morgan fingerprint density at radius 1 is 1.27 bits per heavy atom. The number of aliphatic hydroxyl groups is 1. The summed E-state index contributed by atoms with van der Waals surface area (Å²) in [6, 6.07) is 0. The molecule has 2 aliphatic heterocycles. The number of rotatable bonds is 7. The van der Waals surface area contributed by atoms with Gasteiger partial charge >= 0.3 is 7.60 Å². The second kappa shape index (κ2) is 6.69. The summed E-state index contributed by atoms with van der Waals surface area (Å²) in [5.41, 5.74) is -1.32. The van der Waals surface area contributed by atoms with Gasteiger partial charge in [0.2, 0.25) is 0 Å². The highest BCUT2D eigenvalue weighted by Crippen LogP contribution is 2.48. The fourth-order valence-electron chi connectivity index (χ4n) is 2.55. The molecule has 22 heavy (non-hydrogen) atoms. The molecule has 2 aliphatic rings. The molecule has 1 N–H and O–H groups in total. The Balaban J connectivity index is 2.01. The lowest BCUT2D eigenvalue weighted by atomic mass is 9.99. The standard InChI is InChI=1S/C14H25O7P/c1-5-18-22(16,19-6-2)9-7-8-14(15)10-17-12-11(14)20-13(3,4)21-12/h7-8,11-12,15H,5-6,9-10H2,1-4H3/b8-7+/t11-,12+,14+/m0/s1. The van der Waals surface area contributed by atoms with Crippen molar-refractivity contribution in [3.8, 4) is 0 Å². The average Bonchev–Trinajstić information content (AvgIpc) is 2.86. The van der Waals surface area contributed by atoms with Crippen LogP contribution in [0.3, 0.4) is 0 Å². The summed E-state index contributed by atoms with van der Waals surface area (Å²) >= 11 is 0. The maximum absolute atomic E-state index is 12.4.